The van der Waals surface area contributed by atoms with Crippen LogP contribution in [0.4, 0.5) is 6.01 Å². The van der Waals surface area contributed by atoms with Crippen LogP contribution in [0.2, 0.25) is 0 Å². The highest BCUT2D eigenvalue weighted by Gasteiger charge is 2.08. The molecule has 2 N–H and O–H groups in total. The lowest BCUT2D eigenvalue weighted by molar-refractivity contribution is 0.409. The number of nitrogen functional groups attached to an aromatic ring is 1. The van der Waals surface area contributed by atoms with Gasteiger partial charge in [0.1, 0.15) is 11.5 Å². The van der Waals surface area contributed by atoms with Crippen molar-refractivity contribution in [3.63, 3.8) is 0 Å². The quantitative estimate of drug-likeness (QED) is 0.879. The fourth-order valence-electron chi connectivity index (χ4n) is 1.84. The molecule has 1 heterocycles. The summed E-state index contributed by atoms with van der Waals surface area (Å²) >= 11 is 0. The standard InChI is InChI=1S/C13H16N2O2/c1-9-11(15-13(14)17-9)8-7-10-5-3-4-6-12(10)16-2/h3-6H,7-8H2,1-2H3,(H2,14,15). The molecule has 0 saturated heterocycles. The maximum atomic E-state index is 5.50. The molecular weight excluding hydrogens is 216 g/mol. The molecule has 0 saturated carbocycles. The minimum Gasteiger partial charge on any atom is -0.496 e. The maximum Gasteiger partial charge on any atom is 0.292 e. The van der Waals surface area contributed by atoms with Crippen LogP contribution in [0.15, 0.2) is 28.7 Å². The number of oxazole rings is 1. The van der Waals surface area contributed by atoms with Gasteiger partial charge in [0, 0.05) is 0 Å². The van der Waals surface area contributed by atoms with E-state index in [9.17, 15) is 0 Å². The molecule has 0 aliphatic rings. The SMILES string of the molecule is COc1ccccc1CCc1nc(N)oc1C. The van der Waals surface area contributed by atoms with Gasteiger partial charge < -0.3 is 14.9 Å². The van der Waals surface area contributed by atoms with Crippen LogP contribution in [-0.4, -0.2) is 12.1 Å². The highest BCUT2D eigenvalue weighted by atomic mass is 16.5. The largest absolute Gasteiger partial charge is 0.496 e. The lowest BCUT2D eigenvalue weighted by Crippen LogP contribution is -1.97. The van der Waals surface area contributed by atoms with Crippen molar-refractivity contribution in [3.8, 4) is 5.75 Å². The monoisotopic (exact) mass is 232 g/mol. The second kappa shape index (κ2) is 4.91. The molecule has 0 aliphatic heterocycles. The first-order chi connectivity index (χ1) is 8.20. The van der Waals surface area contributed by atoms with Gasteiger partial charge in [-0.2, -0.15) is 4.98 Å². The van der Waals surface area contributed by atoms with Gasteiger partial charge in [-0.15, -0.1) is 0 Å². The molecule has 0 unspecified atom stereocenters. The average Bonchev–Trinajstić information content (AvgIpc) is 2.65. The van der Waals surface area contributed by atoms with Crippen molar-refractivity contribution in [2.75, 3.05) is 12.8 Å². The molecule has 0 bridgehead atoms. The smallest absolute Gasteiger partial charge is 0.292 e. The second-order valence-electron chi connectivity index (χ2n) is 3.87. The third kappa shape index (κ3) is 2.58. The van der Waals surface area contributed by atoms with Crippen molar-refractivity contribution >= 4 is 6.01 Å². The molecule has 1 aromatic carbocycles. The van der Waals surface area contributed by atoms with Gasteiger partial charge in [-0.1, -0.05) is 18.2 Å². The van der Waals surface area contributed by atoms with Gasteiger partial charge in [0.15, 0.2) is 0 Å². The Labute approximate surface area is 100 Å². The van der Waals surface area contributed by atoms with Gasteiger partial charge in [0.2, 0.25) is 0 Å². The van der Waals surface area contributed by atoms with E-state index in [1.54, 1.807) is 7.11 Å². The second-order valence-corrected chi connectivity index (χ2v) is 3.87. The predicted octanol–water partition coefficient (Wildman–Crippen LogP) is 2.36. The Bertz CT molecular complexity index is 506. The van der Waals surface area contributed by atoms with Crippen molar-refractivity contribution in [3.05, 3.63) is 41.3 Å². The third-order valence-electron chi connectivity index (χ3n) is 2.73. The Morgan fingerprint density at radius 2 is 2.06 bits per heavy atom. The normalized spacial score (nSPS) is 10.5. The third-order valence-corrected chi connectivity index (χ3v) is 2.73. The van der Waals surface area contributed by atoms with Crippen molar-refractivity contribution in [2.24, 2.45) is 0 Å². The lowest BCUT2D eigenvalue weighted by atomic mass is 10.1. The van der Waals surface area contributed by atoms with E-state index in [0.29, 0.717) is 0 Å². The molecule has 0 radical (unpaired) electrons. The molecule has 2 rings (SSSR count). The van der Waals surface area contributed by atoms with E-state index in [2.05, 4.69) is 11.1 Å². The summed E-state index contributed by atoms with van der Waals surface area (Å²) in [6.07, 6.45) is 1.66. The average molecular weight is 232 g/mol. The first kappa shape index (κ1) is 11.5. The Morgan fingerprint density at radius 1 is 1.29 bits per heavy atom. The molecule has 0 amide bonds. The zero-order chi connectivity index (χ0) is 12.3. The molecule has 0 spiro atoms. The van der Waals surface area contributed by atoms with Gasteiger partial charge in [0.05, 0.1) is 12.8 Å². The Kier molecular flexibility index (Phi) is 3.32. The first-order valence-electron chi connectivity index (χ1n) is 5.54. The number of para-hydroxylation sites is 1. The summed E-state index contributed by atoms with van der Waals surface area (Å²) in [6.45, 7) is 1.88. The predicted molar refractivity (Wildman–Crippen MR) is 66.1 cm³/mol. The summed E-state index contributed by atoms with van der Waals surface area (Å²) in [7, 11) is 1.68. The number of rotatable bonds is 4. The van der Waals surface area contributed by atoms with Crippen LogP contribution in [0.3, 0.4) is 0 Å². The van der Waals surface area contributed by atoms with Gasteiger partial charge in [0.25, 0.3) is 6.01 Å². The minimum absolute atomic E-state index is 0.234. The zero-order valence-electron chi connectivity index (χ0n) is 10.1. The van der Waals surface area contributed by atoms with Crippen LogP contribution in [0.5, 0.6) is 5.75 Å². The summed E-state index contributed by atoms with van der Waals surface area (Å²) in [5.74, 6) is 1.69. The molecule has 2 aromatic rings. The molecule has 0 aliphatic carbocycles. The molecule has 0 atom stereocenters. The minimum atomic E-state index is 0.234. The van der Waals surface area contributed by atoms with Crippen LogP contribution in [0.1, 0.15) is 17.0 Å². The van der Waals surface area contributed by atoms with Crippen molar-refractivity contribution in [1.82, 2.24) is 4.98 Å². The van der Waals surface area contributed by atoms with Crippen LogP contribution >= 0.6 is 0 Å². The van der Waals surface area contributed by atoms with Crippen molar-refractivity contribution in [1.29, 1.82) is 0 Å². The van der Waals surface area contributed by atoms with Gasteiger partial charge >= 0.3 is 0 Å². The molecule has 4 heteroatoms. The number of nitrogens with zero attached hydrogens (tertiary/aromatic N) is 1. The van der Waals surface area contributed by atoms with Gasteiger partial charge in [-0.3, -0.25) is 0 Å². The van der Waals surface area contributed by atoms with E-state index in [0.717, 1.165) is 35.6 Å². The maximum absolute atomic E-state index is 5.50. The summed E-state index contributed by atoms with van der Waals surface area (Å²) in [4.78, 5) is 4.15. The van der Waals surface area contributed by atoms with Gasteiger partial charge in [-0.25, -0.2) is 0 Å². The van der Waals surface area contributed by atoms with E-state index in [1.807, 2.05) is 25.1 Å². The number of anilines is 1. The van der Waals surface area contributed by atoms with Crippen LogP contribution in [0.25, 0.3) is 0 Å². The zero-order valence-corrected chi connectivity index (χ0v) is 10.1. The Hall–Kier alpha value is -1.97. The van der Waals surface area contributed by atoms with Crippen LogP contribution < -0.4 is 10.5 Å². The number of methoxy groups -OCH3 is 1. The molecule has 17 heavy (non-hydrogen) atoms. The van der Waals surface area contributed by atoms with E-state index >= 15 is 0 Å². The number of hydrogen-bond donors (Lipinski definition) is 1. The number of aryl methyl sites for hydroxylation is 3. The summed E-state index contributed by atoms with van der Waals surface area (Å²) < 4.78 is 10.5. The lowest BCUT2D eigenvalue weighted by Gasteiger charge is -2.06. The number of aromatic nitrogens is 1. The Balaban J connectivity index is 2.09. The highest BCUT2D eigenvalue weighted by molar-refractivity contribution is 5.34. The van der Waals surface area contributed by atoms with E-state index in [1.165, 1.54) is 0 Å². The molecular formula is C13H16N2O2. The summed E-state index contributed by atoms with van der Waals surface area (Å²) in [5.41, 5.74) is 7.58. The fourth-order valence-corrected chi connectivity index (χ4v) is 1.84. The van der Waals surface area contributed by atoms with E-state index < -0.39 is 0 Å². The number of ether oxygens (including phenoxy) is 1. The number of hydrogen-bond acceptors (Lipinski definition) is 4. The summed E-state index contributed by atoms with van der Waals surface area (Å²) in [5, 5.41) is 0. The topological polar surface area (TPSA) is 61.3 Å². The fraction of sp³-hybridized carbons (Fsp3) is 0.308. The number of nitrogens with two attached hydrogens (primary N) is 1. The van der Waals surface area contributed by atoms with Crippen molar-refractivity contribution < 1.29 is 9.15 Å². The van der Waals surface area contributed by atoms with E-state index in [-0.39, 0.29) is 6.01 Å². The molecule has 0 fully saturated rings. The van der Waals surface area contributed by atoms with E-state index in [4.69, 9.17) is 14.9 Å². The number of benzene rings is 1. The molecule has 1 aromatic heterocycles. The molecule has 4 nitrogen and oxygen atoms in total. The highest BCUT2D eigenvalue weighted by Crippen LogP contribution is 2.20. The van der Waals surface area contributed by atoms with Crippen LogP contribution in [0, 0.1) is 6.92 Å². The Morgan fingerprint density at radius 3 is 2.71 bits per heavy atom. The summed E-state index contributed by atoms with van der Waals surface area (Å²) in [6, 6.07) is 8.21. The van der Waals surface area contributed by atoms with Crippen molar-refractivity contribution in [2.45, 2.75) is 19.8 Å². The molecule has 90 valence electrons. The first-order valence-corrected chi connectivity index (χ1v) is 5.54. The van der Waals surface area contributed by atoms with Crippen LogP contribution in [-0.2, 0) is 12.8 Å². The van der Waals surface area contributed by atoms with Gasteiger partial charge in [-0.05, 0) is 31.4 Å².